The van der Waals surface area contributed by atoms with Crippen LogP contribution in [-0.2, 0) is 15.0 Å². The van der Waals surface area contributed by atoms with E-state index >= 15 is 4.39 Å². The van der Waals surface area contributed by atoms with Crippen LogP contribution in [0.25, 0.3) is 0 Å². The van der Waals surface area contributed by atoms with Gasteiger partial charge >= 0.3 is 16.4 Å². The first kappa shape index (κ1) is 21.7. The summed E-state index contributed by atoms with van der Waals surface area (Å²) in [6.45, 7) is 0.806. The SMILES string of the molecule is O=C1CN(C2C(O)CC3CCN(CCCCC(F)(F)F)CC3C2F)S(=O)(=O)N1. The molecule has 162 valence electrons. The Morgan fingerprint density at radius 3 is 2.57 bits per heavy atom. The number of amides is 1. The number of alkyl halides is 4. The molecule has 0 radical (unpaired) electrons. The molecule has 7 nitrogen and oxygen atoms in total. The number of unbranched alkanes of at least 4 members (excludes halogenated alkanes) is 1. The minimum atomic E-state index is -4.18. The highest BCUT2D eigenvalue weighted by Crippen LogP contribution is 2.41. The predicted octanol–water partition coefficient (Wildman–Crippen LogP) is 0.805. The normalized spacial score (nSPS) is 36.9. The Morgan fingerprint density at radius 1 is 1.25 bits per heavy atom. The van der Waals surface area contributed by atoms with E-state index in [9.17, 15) is 31.5 Å². The summed E-state index contributed by atoms with van der Waals surface area (Å²) in [5.41, 5.74) is 0. The number of aliphatic hydroxyl groups is 1. The van der Waals surface area contributed by atoms with E-state index in [2.05, 4.69) is 0 Å². The maximum absolute atomic E-state index is 15.3. The third-order valence-electron chi connectivity index (χ3n) is 5.93. The van der Waals surface area contributed by atoms with Gasteiger partial charge in [-0.25, -0.2) is 9.11 Å². The molecular weight excluding hydrogens is 406 g/mol. The number of nitrogens with zero attached hydrogens (tertiary/aromatic N) is 2. The number of nitrogens with one attached hydrogen (secondary N) is 1. The molecule has 2 N–H and O–H groups in total. The largest absolute Gasteiger partial charge is 0.391 e. The van der Waals surface area contributed by atoms with Gasteiger partial charge in [-0.1, -0.05) is 0 Å². The van der Waals surface area contributed by atoms with E-state index in [0.717, 1.165) is 0 Å². The highest BCUT2D eigenvalue weighted by Gasteiger charge is 2.53. The average Bonchev–Trinajstić information content (AvgIpc) is 2.83. The van der Waals surface area contributed by atoms with Crippen LogP contribution in [0, 0.1) is 11.8 Å². The molecule has 2 saturated heterocycles. The van der Waals surface area contributed by atoms with Gasteiger partial charge in [0.2, 0.25) is 5.91 Å². The molecule has 0 aromatic rings. The Labute approximate surface area is 161 Å². The van der Waals surface area contributed by atoms with Crippen LogP contribution in [0.1, 0.15) is 32.1 Å². The van der Waals surface area contributed by atoms with Gasteiger partial charge in [-0.05, 0) is 44.7 Å². The molecule has 3 rings (SSSR count). The van der Waals surface area contributed by atoms with Crippen molar-refractivity contribution in [1.29, 1.82) is 0 Å². The number of piperidine rings is 1. The maximum Gasteiger partial charge on any atom is 0.389 e. The van der Waals surface area contributed by atoms with Gasteiger partial charge in [0.1, 0.15) is 6.17 Å². The van der Waals surface area contributed by atoms with Crippen molar-refractivity contribution >= 4 is 16.1 Å². The number of hydrogen-bond donors (Lipinski definition) is 2. The van der Waals surface area contributed by atoms with E-state index in [1.807, 2.05) is 4.90 Å². The van der Waals surface area contributed by atoms with Gasteiger partial charge in [0, 0.05) is 18.9 Å². The fraction of sp³-hybridized carbons (Fsp3) is 0.938. The Kier molecular flexibility index (Phi) is 6.23. The van der Waals surface area contributed by atoms with E-state index in [1.54, 1.807) is 4.72 Å². The molecule has 3 fully saturated rings. The first-order chi connectivity index (χ1) is 13.0. The quantitative estimate of drug-likeness (QED) is 0.497. The molecule has 1 amide bonds. The van der Waals surface area contributed by atoms with Crippen LogP contribution in [0.2, 0.25) is 0 Å². The molecule has 5 unspecified atom stereocenters. The second-order valence-electron chi connectivity index (χ2n) is 7.90. The van der Waals surface area contributed by atoms with Crippen molar-refractivity contribution in [2.24, 2.45) is 11.8 Å². The Hall–Kier alpha value is -0.980. The highest BCUT2D eigenvalue weighted by molar-refractivity contribution is 7.88. The molecule has 0 aromatic carbocycles. The lowest BCUT2D eigenvalue weighted by Crippen LogP contribution is -2.61. The second-order valence-corrected chi connectivity index (χ2v) is 9.52. The van der Waals surface area contributed by atoms with E-state index in [1.165, 1.54) is 0 Å². The minimum absolute atomic E-state index is 0.00822. The molecule has 0 aromatic heterocycles. The van der Waals surface area contributed by atoms with Crippen LogP contribution >= 0.6 is 0 Å². The molecule has 1 aliphatic carbocycles. The number of rotatable bonds is 5. The number of hydrogen-bond acceptors (Lipinski definition) is 5. The first-order valence-corrected chi connectivity index (χ1v) is 10.9. The lowest BCUT2D eigenvalue weighted by atomic mass is 9.70. The monoisotopic (exact) mass is 431 g/mol. The van der Waals surface area contributed by atoms with Crippen LogP contribution in [0.3, 0.4) is 0 Å². The van der Waals surface area contributed by atoms with Crippen molar-refractivity contribution in [2.45, 2.75) is 56.6 Å². The molecular formula is C16H25F4N3O4S. The number of halogens is 4. The van der Waals surface area contributed by atoms with Crippen molar-refractivity contribution in [3.8, 4) is 0 Å². The zero-order chi connectivity index (χ0) is 20.7. The summed E-state index contributed by atoms with van der Waals surface area (Å²) in [6, 6.07) is -1.34. The summed E-state index contributed by atoms with van der Waals surface area (Å²) in [4.78, 5) is 13.4. The van der Waals surface area contributed by atoms with Gasteiger partial charge in [0.15, 0.2) is 0 Å². The summed E-state index contributed by atoms with van der Waals surface area (Å²) >= 11 is 0. The molecule has 1 saturated carbocycles. The van der Waals surface area contributed by atoms with E-state index < -0.39 is 59.5 Å². The van der Waals surface area contributed by atoms with Gasteiger partial charge in [-0.3, -0.25) is 4.79 Å². The van der Waals surface area contributed by atoms with Gasteiger partial charge in [0.25, 0.3) is 0 Å². The summed E-state index contributed by atoms with van der Waals surface area (Å²) < 4.78 is 78.6. The van der Waals surface area contributed by atoms with E-state index in [4.69, 9.17) is 0 Å². The minimum Gasteiger partial charge on any atom is -0.391 e. The van der Waals surface area contributed by atoms with Gasteiger partial charge in [-0.15, -0.1) is 0 Å². The average molecular weight is 431 g/mol. The molecule has 3 aliphatic rings. The number of likely N-dealkylation sites (tertiary alicyclic amines) is 1. The van der Waals surface area contributed by atoms with Crippen molar-refractivity contribution in [1.82, 2.24) is 13.9 Å². The Morgan fingerprint density at radius 2 is 1.96 bits per heavy atom. The Balaban J connectivity index is 1.62. The molecule has 0 spiro atoms. The molecule has 2 heterocycles. The van der Waals surface area contributed by atoms with Crippen LogP contribution in [-0.4, -0.2) is 79.3 Å². The van der Waals surface area contributed by atoms with Crippen LogP contribution < -0.4 is 4.72 Å². The second kappa shape index (κ2) is 8.04. The summed E-state index contributed by atoms with van der Waals surface area (Å²) in [6.07, 6.45) is -6.72. The molecule has 28 heavy (non-hydrogen) atoms. The van der Waals surface area contributed by atoms with Gasteiger partial charge in [-0.2, -0.15) is 25.9 Å². The molecule has 2 aliphatic heterocycles. The predicted molar refractivity (Wildman–Crippen MR) is 91.0 cm³/mol. The van der Waals surface area contributed by atoms with E-state index in [-0.39, 0.29) is 18.8 Å². The smallest absolute Gasteiger partial charge is 0.389 e. The number of carbonyl (C=O) groups excluding carboxylic acids is 1. The zero-order valence-corrected chi connectivity index (χ0v) is 16.1. The number of aliphatic hydroxyl groups excluding tert-OH is 1. The third kappa shape index (κ3) is 4.77. The number of fused-ring (bicyclic) bond motifs is 1. The van der Waals surface area contributed by atoms with Gasteiger partial charge < -0.3 is 10.0 Å². The highest BCUT2D eigenvalue weighted by atomic mass is 32.2. The zero-order valence-electron chi connectivity index (χ0n) is 15.2. The van der Waals surface area contributed by atoms with E-state index in [0.29, 0.717) is 36.8 Å². The van der Waals surface area contributed by atoms with Crippen molar-refractivity contribution in [3.63, 3.8) is 0 Å². The summed E-state index contributed by atoms with van der Waals surface area (Å²) in [7, 11) is -4.17. The fourth-order valence-electron chi connectivity index (χ4n) is 4.61. The van der Waals surface area contributed by atoms with Crippen molar-refractivity contribution < 1.29 is 35.9 Å². The van der Waals surface area contributed by atoms with Crippen molar-refractivity contribution in [2.75, 3.05) is 26.2 Å². The van der Waals surface area contributed by atoms with Crippen LogP contribution in [0.15, 0.2) is 0 Å². The molecule has 12 heteroatoms. The first-order valence-electron chi connectivity index (χ1n) is 9.41. The van der Waals surface area contributed by atoms with Crippen LogP contribution in [0.4, 0.5) is 17.6 Å². The number of carbonyl (C=O) groups is 1. The topological polar surface area (TPSA) is 90.0 Å². The van der Waals surface area contributed by atoms with Crippen LogP contribution in [0.5, 0.6) is 0 Å². The van der Waals surface area contributed by atoms with Gasteiger partial charge in [0.05, 0.1) is 18.7 Å². The Bertz CT molecular complexity index is 690. The summed E-state index contributed by atoms with van der Waals surface area (Å²) in [5, 5.41) is 10.4. The molecule has 0 bridgehead atoms. The fourth-order valence-corrected chi connectivity index (χ4v) is 5.95. The lowest BCUT2D eigenvalue weighted by molar-refractivity contribution is -0.135. The summed E-state index contributed by atoms with van der Waals surface area (Å²) in [5.74, 6) is -1.42. The standard InChI is InChI=1S/C16H25F4N3O4S/c17-14-11-8-22(5-2-1-4-16(18,19)20)6-3-10(11)7-12(24)15(14)23-9-13(25)21-28(23,26)27/h10-12,14-15,24H,1-9H2,(H,21,25). The molecule has 5 atom stereocenters. The third-order valence-corrected chi connectivity index (χ3v) is 7.41. The van der Waals surface area contributed by atoms with Crippen molar-refractivity contribution in [3.05, 3.63) is 0 Å². The maximum atomic E-state index is 15.3. The lowest BCUT2D eigenvalue weighted by Gasteiger charge is -2.48.